The van der Waals surface area contributed by atoms with Gasteiger partial charge in [0.2, 0.25) is 0 Å². The minimum Gasteiger partial charge on any atom is -0.480 e. The Morgan fingerprint density at radius 1 is 1.35 bits per heavy atom. The zero-order valence-corrected chi connectivity index (χ0v) is 10.00. The van der Waals surface area contributed by atoms with E-state index in [1.165, 1.54) is 31.9 Å². The van der Waals surface area contributed by atoms with Crippen molar-refractivity contribution in [2.75, 3.05) is 7.05 Å². The Morgan fingerprint density at radius 2 is 1.82 bits per heavy atom. The van der Waals surface area contributed by atoms with E-state index in [1.54, 1.807) is 0 Å². The van der Waals surface area contributed by atoms with E-state index in [4.69, 9.17) is 5.11 Å². The van der Waals surface area contributed by atoms with Crippen molar-refractivity contribution < 1.29 is 18.7 Å². The fraction of sp³-hybridized carbons (Fsp3) is 0.417. The molecule has 3 nitrogen and oxygen atoms in total. The van der Waals surface area contributed by atoms with Crippen LogP contribution >= 0.6 is 0 Å². The summed E-state index contributed by atoms with van der Waals surface area (Å²) in [4.78, 5) is 12.4. The number of halogens is 2. The lowest BCUT2D eigenvalue weighted by Crippen LogP contribution is -2.47. The van der Waals surface area contributed by atoms with Crippen LogP contribution < -0.4 is 0 Å². The van der Waals surface area contributed by atoms with Gasteiger partial charge in [0.25, 0.3) is 0 Å². The van der Waals surface area contributed by atoms with Gasteiger partial charge in [-0.05, 0) is 33.0 Å². The van der Waals surface area contributed by atoms with Gasteiger partial charge in [0.05, 0.1) is 0 Å². The second kappa shape index (κ2) is 4.79. The number of nitrogens with zero attached hydrogens (tertiary/aromatic N) is 1. The predicted molar refractivity (Wildman–Crippen MR) is 59.5 cm³/mol. The number of aliphatic carboxylic acids is 1. The van der Waals surface area contributed by atoms with Crippen molar-refractivity contribution >= 4 is 5.97 Å². The van der Waals surface area contributed by atoms with Crippen LogP contribution in [0.4, 0.5) is 8.78 Å². The molecule has 1 aromatic carbocycles. The molecule has 0 atom stereocenters. The first kappa shape index (κ1) is 13.6. The van der Waals surface area contributed by atoms with Crippen molar-refractivity contribution in [3.05, 3.63) is 35.4 Å². The van der Waals surface area contributed by atoms with Gasteiger partial charge in [-0.3, -0.25) is 9.69 Å². The van der Waals surface area contributed by atoms with Crippen LogP contribution in [0.25, 0.3) is 0 Å². The summed E-state index contributed by atoms with van der Waals surface area (Å²) in [6.45, 7) is 2.86. The molecular formula is C12H15F2NO2. The highest BCUT2D eigenvalue weighted by atomic mass is 19.1. The van der Waals surface area contributed by atoms with Crippen LogP contribution in [0.3, 0.4) is 0 Å². The Bertz CT molecular complexity index is 412. The maximum Gasteiger partial charge on any atom is 0.323 e. The summed E-state index contributed by atoms with van der Waals surface area (Å²) in [7, 11) is 1.51. The number of likely N-dealkylation sites (N-methyl/N-ethyl adjacent to an activating group) is 1. The molecule has 0 aromatic heterocycles. The Balaban J connectivity index is 2.96. The van der Waals surface area contributed by atoms with Gasteiger partial charge in [0, 0.05) is 12.1 Å². The average molecular weight is 243 g/mol. The number of carboxylic acids is 1. The van der Waals surface area contributed by atoms with Gasteiger partial charge >= 0.3 is 5.97 Å². The molecule has 0 radical (unpaired) electrons. The Hall–Kier alpha value is -1.49. The summed E-state index contributed by atoms with van der Waals surface area (Å²) in [5.74, 6) is -2.38. The second-order valence-electron chi connectivity index (χ2n) is 4.42. The van der Waals surface area contributed by atoms with Crippen LogP contribution in [0.1, 0.15) is 19.4 Å². The molecule has 0 saturated carbocycles. The molecule has 0 bridgehead atoms. The third kappa shape index (κ3) is 2.79. The molecule has 5 heteroatoms. The number of benzene rings is 1. The van der Waals surface area contributed by atoms with Crippen molar-refractivity contribution in [2.45, 2.75) is 25.9 Å². The number of hydrogen-bond acceptors (Lipinski definition) is 2. The fourth-order valence-corrected chi connectivity index (χ4v) is 1.28. The molecule has 1 rings (SSSR count). The van der Waals surface area contributed by atoms with Gasteiger partial charge in [-0.1, -0.05) is 6.07 Å². The standard InChI is InChI=1S/C12H15F2NO2/c1-12(2,11(16)17)15(3)7-8-9(13)5-4-6-10(8)14/h4-6H,7H2,1-3H3,(H,16,17). The molecule has 0 unspecified atom stereocenters. The molecule has 1 N–H and O–H groups in total. The third-order valence-corrected chi connectivity index (χ3v) is 2.93. The van der Waals surface area contributed by atoms with Crippen LogP contribution in [0, 0.1) is 11.6 Å². The molecule has 94 valence electrons. The monoisotopic (exact) mass is 243 g/mol. The lowest BCUT2D eigenvalue weighted by molar-refractivity contribution is -0.148. The van der Waals surface area contributed by atoms with E-state index in [9.17, 15) is 13.6 Å². The minimum atomic E-state index is -1.19. The van der Waals surface area contributed by atoms with Gasteiger partial charge in [0.1, 0.15) is 17.2 Å². The van der Waals surface area contributed by atoms with Crippen molar-refractivity contribution in [3.8, 4) is 0 Å². The maximum absolute atomic E-state index is 13.4. The van der Waals surface area contributed by atoms with Crippen LogP contribution in [-0.4, -0.2) is 28.6 Å². The smallest absolute Gasteiger partial charge is 0.323 e. The normalized spacial score (nSPS) is 11.9. The third-order valence-electron chi connectivity index (χ3n) is 2.93. The van der Waals surface area contributed by atoms with Crippen molar-refractivity contribution in [1.29, 1.82) is 0 Å². The summed E-state index contributed by atoms with van der Waals surface area (Å²) >= 11 is 0. The van der Waals surface area contributed by atoms with Crippen molar-refractivity contribution in [1.82, 2.24) is 4.90 Å². The number of rotatable bonds is 4. The zero-order chi connectivity index (χ0) is 13.2. The number of carboxylic acid groups (broad SMARTS) is 1. The molecule has 0 aliphatic carbocycles. The summed E-state index contributed by atoms with van der Waals surface area (Å²) in [5.41, 5.74) is -1.31. The van der Waals surface area contributed by atoms with Gasteiger partial charge in [0.15, 0.2) is 0 Å². The quantitative estimate of drug-likeness (QED) is 0.881. The highest BCUT2D eigenvalue weighted by Gasteiger charge is 2.32. The molecule has 0 aliphatic rings. The summed E-state index contributed by atoms with van der Waals surface area (Å²) in [6, 6.07) is 3.58. The first-order chi connectivity index (χ1) is 7.76. The minimum absolute atomic E-state index is 0.0994. The van der Waals surface area contributed by atoms with Crippen molar-refractivity contribution in [2.24, 2.45) is 0 Å². The first-order valence-corrected chi connectivity index (χ1v) is 5.14. The molecule has 0 spiro atoms. The van der Waals surface area contributed by atoms with Crippen LogP contribution in [0.15, 0.2) is 18.2 Å². The van der Waals surface area contributed by atoms with Gasteiger partial charge < -0.3 is 5.11 Å². The van der Waals surface area contributed by atoms with E-state index < -0.39 is 23.1 Å². The Morgan fingerprint density at radius 3 is 2.24 bits per heavy atom. The molecular weight excluding hydrogens is 228 g/mol. The second-order valence-corrected chi connectivity index (χ2v) is 4.42. The summed E-state index contributed by atoms with van der Waals surface area (Å²) < 4.78 is 26.8. The number of hydrogen-bond donors (Lipinski definition) is 1. The molecule has 1 aromatic rings. The molecule has 0 aliphatic heterocycles. The van der Waals surface area contributed by atoms with Crippen LogP contribution in [0.2, 0.25) is 0 Å². The van der Waals surface area contributed by atoms with Gasteiger partial charge in [-0.25, -0.2) is 8.78 Å². The summed E-state index contributed by atoms with van der Waals surface area (Å²) in [6.07, 6.45) is 0. The topological polar surface area (TPSA) is 40.5 Å². The highest BCUT2D eigenvalue weighted by molar-refractivity contribution is 5.77. The highest BCUT2D eigenvalue weighted by Crippen LogP contribution is 2.19. The predicted octanol–water partition coefficient (Wildman–Crippen LogP) is 2.26. The molecule has 17 heavy (non-hydrogen) atoms. The lowest BCUT2D eigenvalue weighted by Gasteiger charge is -2.31. The van der Waals surface area contributed by atoms with Crippen LogP contribution in [0.5, 0.6) is 0 Å². The molecule has 0 heterocycles. The maximum atomic E-state index is 13.4. The summed E-state index contributed by atoms with van der Waals surface area (Å²) in [5, 5.41) is 9.00. The molecule has 0 fully saturated rings. The number of carbonyl (C=O) groups is 1. The zero-order valence-electron chi connectivity index (χ0n) is 10.00. The van der Waals surface area contributed by atoms with Crippen molar-refractivity contribution in [3.63, 3.8) is 0 Å². The molecule has 0 saturated heterocycles. The first-order valence-electron chi connectivity index (χ1n) is 5.14. The lowest BCUT2D eigenvalue weighted by atomic mass is 10.0. The van der Waals surface area contributed by atoms with E-state index in [0.29, 0.717) is 0 Å². The molecule has 0 amide bonds. The van der Waals surface area contributed by atoms with E-state index in [0.717, 1.165) is 12.1 Å². The van der Waals surface area contributed by atoms with Gasteiger partial charge in [-0.15, -0.1) is 0 Å². The SMILES string of the molecule is CN(Cc1c(F)cccc1F)C(C)(C)C(=O)O. The Kier molecular flexibility index (Phi) is 3.83. The van der Waals surface area contributed by atoms with Gasteiger partial charge in [-0.2, -0.15) is 0 Å². The van der Waals surface area contributed by atoms with Crippen LogP contribution in [-0.2, 0) is 11.3 Å². The van der Waals surface area contributed by atoms with E-state index in [-0.39, 0.29) is 12.1 Å². The van der Waals surface area contributed by atoms with E-state index in [2.05, 4.69) is 0 Å². The van der Waals surface area contributed by atoms with E-state index >= 15 is 0 Å². The Labute approximate surface area is 98.7 Å². The average Bonchev–Trinajstić information content (AvgIpc) is 2.23. The fourth-order valence-electron chi connectivity index (χ4n) is 1.28. The van der Waals surface area contributed by atoms with E-state index in [1.807, 2.05) is 0 Å². The largest absolute Gasteiger partial charge is 0.480 e.